The van der Waals surface area contributed by atoms with Gasteiger partial charge in [-0.25, -0.2) is 0 Å². The number of carbonyl (C=O) groups excluding carboxylic acids is 2. The van der Waals surface area contributed by atoms with Crippen LogP contribution in [0, 0.1) is 0 Å². The summed E-state index contributed by atoms with van der Waals surface area (Å²) in [7, 11) is 0. The molecule has 1 aromatic rings. The van der Waals surface area contributed by atoms with Crippen LogP contribution >= 0.6 is 11.6 Å². The minimum absolute atomic E-state index is 0.0185. The fourth-order valence-electron chi connectivity index (χ4n) is 2.60. The number of hydrogen-bond acceptors (Lipinski definition) is 3. The number of β-amino-alcohol motifs (C(OH)–C–C–N with tert-alkyl or cyclic N) is 1. The van der Waals surface area contributed by atoms with Crippen LogP contribution in [0.25, 0.3) is 0 Å². The summed E-state index contributed by atoms with van der Waals surface area (Å²) in [6.45, 7) is 1.30. The highest BCUT2D eigenvalue weighted by Gasteiger charge is 2.33. The van der Waals surface area contributed by atoms with E-state index in [2.05, 4.69) is 0 Å². The minimum atomic E-state index is -0.442. The molecule has 0 saturated carbocycles. The van der Waals surface area contributed by atoms with Crippen LogP contribution in [0.3, 0.4) is 0 Å². The Hall–Kier alpha value is -1.59. The Morgan fingerprint density at radius 3 is 2.70 bits per heavy atom. The van der Waals surface area contributed by atoms with Crippen molar-refractivity contribution >= 4 is 29.1 Å². The maximum absolute atomic E-state index is 12.4. The lowest BCUT2D eigenvalue weighted by Crippen LogP contribution is -2.53. The summed E-state index contributed by atoms with van der Waals surface area (Å²) in [5, 5.41) is 9.80. The van der Waals surface area contributed by atoms with Crippen molar-refractivity contribution in [3.05, 3.63) is 28.8 Å². The Labute approximate surface area is 121 Å². The predicted octanol–water partition coefficient (Wildman–Crippen LogP) is 1.28. The molecule has 20 heavy (non-hydrogen) atoms. The maximum atomic E-state index is 12.4. The SMILES string of the molecule is O=C(c1ccc(Cl)cc1N1CCCC1=O)N1CC(O)C1. The van der Waals surface area contributed by atoms with Gasteiger partial charge in [0.15, 0.2) is 0 Å². The molecule has 2 aliphatic rings. The Kier molecular flexibility index (Phi) is 3.40. The molecule has 6 heteroatoms. The monoisotopic (exact) mass is 294 g/mol. The Balaban J connectivity index is 1.94. The van der Waals surface area contributed by atoms with Crippen LogP contribution in [-0.4, -0.2) is 47.6 Å². The van der Waals surface area contributed by atoms with E-state index < -0.39 is 6.10 Å². The molecule has 2 amide bonds. The van der Waals surface area contributed by atoms with Crippen LogP contribution in [0.4, 0.5) is 5.69 Å². The van der Waals surface area contributed by atoms with Crippen molar-refractivity contribution in [2.24, 2.45) is 0 Å². The molecule has 1 aromatic carbocycles. The van der Waals surface area contributed by atoms with Gasteiger partial charge in [0, 0.05) is 31.1 Å². The molecule has 0 radical (unpaired) electrons. The summed E-state index contributed by atoms with van der Waals surface area (Å²) < 4.78 is 0. The van der Waals surface area contributed by atoms with Crippen LogP contribution in [0.5, 0.6) is 0 Å². The predicted molar refractivity (Wildman–Crippen MR) is 74.9 cm³/mol. The van der Waals surface area contributed by atoms with Gasteiger partial charge >= 0.3 is 0 Å². The number of rotatable bonds is 2. The molecule has 2 saturated heterocycles. The number of likely N-dealkylation sites (tertiary alicyclic amines) is 1. The third-order valence-corrected chi connectivity index (χ3v) is 3.94. The summed E-state index contributed by atoms with van der Waals surface area (Å²) in [4.78, 5) is 27.5. The summed E-state index contributed by atoms with van der Waals surface area (Å²) in [6, 6.07) is 4.96. The van der Waals surface area contributed by atoms with E-state index in [0.717, 1.165) is 6.42 Å². The van der Waals surface area contributed by atoms with E-state index in [1.54, 1.807) is 28.0 Å². The fraction of sp³-hybridized carbons (Fsp3) is 0.429. The lowest BCUT2D eigenvalue weighted by atomic mass is 10.1. The van der Waals surface area contributed by atoms with Crippen LogP contribution in [0.15, 0.2) is 18.2 Å². The molecular weight excluding hydrogens is 280 g/mol. The van der Waals surface area contributed by atoms with Gasteiger partial charge < -0.3 is 14.9 Å². The average molecular weight is 295 g/mol. The molecule has 106 valence electrons. The third-order valence-electron chi connectivity index (χ3n) is 3.70. The molecule has 5 nitrogen and oxygen atoms in total. The normalized spacial score (nSPS) is 19.4. The Morgan fingerprint density at radius 2 is 2.10 bits per heavy atom. The molecule has 2 aliphatic heterocycles. The van der Waals surface area contributed by atoms with Crippen molar-refractivity contribution in [3.63, 3.8) is 0 Å². The summed E-state index contributed by atoms with van der Waals surface area (Å²) >= 11 is 6.00. The van der Waals surface area contributed by atoms with Crippen molar-refractivity contribution in [3.8, 4) is 0 Å². The average Bonchev–Trinajstić information content (AvgIpc) is 2.80. The van der Waals surface area contributed by atoms with Gasteiger partial charge in [0.05, 0.1) is 17.4 Å². The summed E-state index contributed by atoms with van der Waals surface area (Å²) in [5.41, 5.74) is 1.04. The molecular formula is C14H15ClN2O3. The van der Waals surface area contributed by atoms with Gasteiger partial charge in [-0.15, -0.1) is 0 Å². The number of amides is 2. The van der Waals surface area contributed by atoms with Crippen LogP contribution in [-0.2, 0) is 4.79 Å². The second-order valence-electron chi connectivity index (χ2n) is 5.17. The van der Waals surface area contributed by atoms with Crippen LogP contribution < -0.4 is 4.90 Å². The molecule has 0 unspecified atom stereocenters. The number of aliphatic hydroxyl groups is 1. The topological polar surface area (TPSA) is 60.9 Å². The van der Waals surface area contributed by atoms with Crippen molar-refractivity contribution in [1.82, 2.24) is 4.90 Å². The van der Waals surface area contributed by atoms with E-state index in [1.807, 2.05) is 0 Å². The standard InChI is InChI=1S/C14H15ClN2O3/c15-9-3-4-11(14(20)16-7-10(18)8-16)12(6-9)17-5-1-2-13(17)19/h3-4,6,10,18H,1-2,5,7-8H2. The first kappa shape index (κ1) is 13.4. The zero-order valence-electron chi connectivity index (χ0n) is 10.9. The molecule has 0 aliphatic carbocycles. The van der Waals surface area contributed by atoms with Crippen molar-refractivity contribution in [1.29, 1.82) is 0 Å². The minimum Gasteiger partial charge on any atom is -0.389 e. The summed E-state index contributed by atoms with van der Waals surface area (Å²) in [6.07, 6.45) is 0.854. The number of aliphatic hydroxyl groups excluding tert-OH is 1. The molecule has 2 fully saturated rings. The zero-order chi connectivity index (χ0) is 14.3. The van der Waals surface area contributed by atoms with E-state index >= 15 is 0 Å². The highest BCUT2D eigenvalue weighted by molar-refractivity contribution is 6.31. The van der Waals surface area contributed by atoms with Gasteiger partial charge in [0.2, 0.25) is 5.91 Å². The van der Waals surface area contributed by atoms with Gasteiger partial charge in [-0.1, -0.05) is 11.6 Å². The molecule has 1 N–H and O–H groups in total. The van der Waals surface area contributed by atoms with Crippen molar-refractivity contribution in [2.45, 2.75) is 18.9 Å². The molecule has 0 atom stereocenters. The quantitative estimate of drug-likeness (QED) is 0.894. The molecule has 2 heterocycles. The lowest BCUT2D eigenvalue weighted by Gasteiger charge is -2.36. The van der Waals surface area contributed by atoms with E-state index in [1.165, 1.54) is 0 Å². The Morgan fingerprint density at radius 1 is 1.35 bits per heavy atom. The summed E-state index contributed by atoms with van der Waals surface area (Å²) in [5.74, 6) is -0.147. The maximum Gasteiger partial charge on any atom is 0.256 e. The van der Waals surface area contributed by atoms with Gasteiger partial charge in [0.1, 0.15) is 0 Å². The number of anilines is 1. The van der Waals surface area contributed by atoms with Gasteiger partial charge in [0.25, 0.3) is 5.91 Å². The Bertz CT molecular complexity index is 570. The largest absolute Gasteiger partial charge is 0.389 e. The highest BCUT2D eigenvalue weighted by Crippen LogP contribution is 2.30. The molecule has 0 bridgehead atoms. The van der Waals surface area contributed by atoms with Crippen molar-refractivity contribution in [2.75, 3.05) is 24.5 Å². The third kappa shape index (κ3) is 2.27. The van der Waals surface area contributed by atoms with E-state index in [0.29, 0.717) is 42.3 Å². The smallest absolute Gasteiger partial charge is 0.256 e. The number of carbonyl (C=O) groups is 2. The van der Waals surface area contributed by atoms with Crippen LogP contribution in [0.2, 0.25) is 5.02 Å². The highest BCUT2D eigenvalue weighted by atomic mass is 35.5. The van der Waals surface area contributed by atoms with E-state index in [9.17, 15) is 14.7 Å². The van der Waals surface area contributed by atoms with Gasteiger partial charge in [-0.3, -0.25) is 9.59 Å². The first-order chi connectivity index (χ1) is 9.56. The van der Waals surface area contributed by atoms with E-state index in [-0.39, 0.29) is 11.8 Å². The second-order valence-corrected chi connectivity index (χ2v) is 5.61. The first-order valence-corrected chi connectivity index (χ1v) is 7.01. The van der Waals surface area contributed by atoms with Gasteiger partial charge in [-0.05, 0) is 24.6 Å². The molecule has 0 spiro atoms. The number of halogens is 1. The van der Waals surface area contributed by atoms with E-state index in [4.69, 9.17) is 11.6 Å². The number of nitrogens with zero attached hydrogens (tertiary/aromatic N) is 2. The van der Waals surface area contributed by atoms with Crippen molar-refractivity contribution < 1.29 is 14.7 Å². The number of benzene rings is 1. The molecule has 3 rings (SSSR count). The van der Waals surface area contributed by atoms with Gasteiger partial charge in [-0.2, -0.15) is 0 Å². The van der Waals surface area contributed by atoms with Crippen LogP contribution in [0.1, 0.15) is 23.2 Å². The lowest BCUT2D eigenvalue weighted by molar-refractivity contribution is -0.117. The zero-order valence-corrected chi connectivity index (χ0v) is 11.6. The molecule has 0 aromatic heterocycles. The fourth-order valence-corrected chi connectivity index (χ4v) is 2.77. The second kappa shape index (κ2) is 5.07. The number of hydrogen-bond donors (Lipinski definition) is 1. The first-order valence-electron chi connectivity index (χ1n) is 6.63.